The predicted octanol–water partition coefficient (Wildman–Crippen LogP) is 19.9. The minimum absolute atomic E-state index is 0.00845. The molecule has 504 valence electrons. The van der Waals surface area contributed by atoms with E-state index in [-0.39, 0.29) is 47.2 Å². The number of hydrogen-bond donors (Lipinski definition) is 0. The van der Waals surface area contributed by atoms with Crippen molar-refractivity contribution < 1.29 is 18.9 Å². The lowest BCUT2D eigenvalue weighted by molar-refractivity contribution is 0.454. The monoisotopic (exact) mass is 1350 g/mol. The van der Waals surface area contributed by atoms with Crippen molar-refractivity contribution in [2.45, 2.75) is 205 Å². The maximum atomic E-state index is 7.96. The Hall–Kier alpha value is -8.11. The SMILES string of the molecule is CCC(C)(C)c1cc2c3c(c1)Oc1c(sc4ccc(C(C)(C)CC)cc14)B3c1cc3c(cc1O2)N(c1c(C)cc(C)cc1C)c1cc(C(C)(C)CC)cc2c1B3c1cc3c(cc1O2)N(c1c(C)cc(C)cc1C)c1cc(C(C)(C)CC)cc2c1B3c1sc3ccc(C(C)(C)CC)cc3c1O2. The molecule has 2 aromatic heterocycles. The van der Waals surface area contributed by atoms with Crippen LogP contribution in [0.4, 0.5) is 34.1 Å². The number of ether oxygens (including phenoxy) is 4. The topological polar surface area (TPSA) is 43.4 Å². The molecule has 17 rings (SSSR count). The molecule has 0 fully saturated rings. The van der Waals surface area contributed by atoms with E-state index in [0.29, 0.717) is 0 Å². The van der Waals surface area contributed by atoms with E-state index < -0.39 is 0 Å². The van der Waals surface area contributed by atoms with Gasteiger partial charge in [0.25, 0.3) is 20.1 Å². The molecule has 0 bridgehead atoms. The highest BCUT2D eigenvalue weighted by Gasteiger charge is 2.52. The Morgan fingerprint density at radius 3 is 1.06 bits per heavy atom. The van der Waals surface area contributed by atoms with Crippen LogP contribution < -0.4 is 76.5 Å². The van der Waals surface area contributed by atoms with E-state index in [1.165, 1.54) is 130 Å². The van der Waals surface area contributed by atoms with Crippen molar-refractivity contribution in [1.82, 2.24) is 0 Å². The van der Waals surface area contributed by atoms with Crippen LogP contribution in [0.15, 0.2) is 121 Å². The van der Waals surface area contributed by atoms with E-state index in [9.17, 15) is 0 Å². The quantitative estimate of drug-likeness (QED) is 0.114. The van der Waals surface area contributed by atoms with E-state index >= 15 is 0 Å². The van der Waals surface area contributed by atoms with Crippen LogP contribution in [0.2, 0.25) is 0 Å². The number of thiophene rings is 2. The summed E-state index contributed by atoms with van der Waals surface area (Å²) < 4.78 is 35.7. The van der Waals surface area contributed by atoms with Crippen LogP contribution in [0.3, 0.4) is 0 Å². The smallest absolute Gasteiger partial charge is 0.273 e. The second kappa shape index (κ2) is 22.2. The summed E-state index contributed by atoms with van der Waals surface area (Å²) in [7, 11) is 0. The molecular weight excluding hydrogens is 1260 g/mol. The molecule has 0 amide bonds. The molecule has 0 unspecified atom stereocenters. The van der Waals surface area contributed by atoms with Crippen molar-refractivity contribution in [2.24, 2.45) is 0 Å². The Balaban J connectivity index is 0.988. The predicted molar refractivity (Wildman–Crippen MR) is 432 cm³/mol. The first-order valence-electron chi connectivity index (χ1n) is 37.0. The molecule has 0 atom stereocenters. The Labute approximate surface area is 602 Å². The normalized spacial score (nSPS) is 14.7. The Morgan fingerprint density at radius 1 is 0.320 bits per heavy atom. The van der Waals surface area contributed by atoms with Gasteiger partial charge in [-0.15, -0.1) is 22.7 Å². The number of aryl methyl sites for hydroxylation is 6. The summed E-state index contributed by atoms with van der Waals surface area (Å²) >= 11 is 3.79. The molecule has 0 saturated carbocycles. The highest BCUT2D eigenvalue weighted by molar-refractivity contribution is 7.34. The van der Waals surface area contributed by atoms with Crippen molar-refractivity contribution in [2.75, 3.05) is 9.80 Å². The van der Waals surface area contributed by atoms with Crippen LogP contribution in [0.1, 0.15) is 197 Å². The van der Waals surface area contributed by atoms with Crippen molar-refractivity contribution >= 4 is 145 Å². The van der Waals surface area contributed by atoms with Gasteiger partial charge in [-0.05, 0) is 244 Å². The molecule has 0 saturated heterocycles. The minimum atomic E-state index is -0.264. The molecule has 0 radical (unpaired) electrons. The molecule has 6 aliphatic heterocycles. The lowest BCUT2D eigenvalue weighted by Crippen LogP contribution is -2.64. The zero-order valence-corrected chi connectivity index (χ0v) is 64.3. The molecule has 100 heavy (non-hydrogen) atoms. The van der Waals surface area contributed by atoms with Crippen LogP contribution in [0.5, 0.6) is 46.0 Å². The van der Waals surface area contributed by atoms with Crippen LogP contribution in [-0.4, -0.2) is 20.1 Å². The number of nitrogens with zero attached hydrogens (tertiary/aromatic N) is 2. The molecule has 11 heteroatoms. The number of fused-ring (bicyclic) bond motifs is 16. The summed E-state index contributed by atoms with van der Waals surface area (Å²) in [5, 5.41) is 2.37. The van der Waals surface area contributed by atoms with Gasteiger partial charge in [0.1, 0.15) is 46.0 Å². The molecule has 8 heterocycles. The van der Waals surface area contributed by atoms with Crippen LogP contribution in [0.25, 0.3) is 20.2 Å². The summed E-state index contributed by atoms with van der Waals surface area (Å²) in [6, 6.07) is 48.4. The first-order valence-corrected chi connectivity index (χ1v) is 38.6. The maximum absolute atomic E-state index is 7.96. The Kier molecular flexibility index (Phi) is 14.5. The van der Waals surface area contributed by atoms with Gasteiger partial charge in [-0.3, -0.25) is 0 Å². The maximum Gasteiger partial charge on any atom is 0.273 e. The van der Waals surface area contributed by atoms with Crippen molar-refractivity contribution in [3.05, 3.63) is 183 Å². The fraction of sp³-hybridized carbons (Fsp3) is 0.348. The number of anilines is 6. The second-order valence-electron chi connectivity index (χ2n) is 33.7. The molecule has 9 aromatic carbocycles. The van der Waals surface area contributed by atoms with E-state index in [1.807, 2.05) is 22.7 Å². The van der Waals surface area contributed by atoms with Crippen LogP contribution >= 0.6 is 22.7 Å². The third-order valence-electron chi connectivity index (χ3n) is 25.5. The van der Waals surface area contributed by atoms with Gasteiger partial charge in [-0.25, -0.2) is 0 Å². The molecule has 11 aromatic rings. The zero-order valence-electron chi connectivity index (χ0n) is 62.7. The first kappa shape index (κ1) is 65.2. The van der Waals surface area contributed by atoms with Gasteiger partial charge < -0.3 is 28.7 Å². The van der Waals surface area contributed by atoms with E-state index in [4.69, 9.17) is 18.9 Å². The number of benzene rings is 9. The number of hydrogen-bond acceptors (Lipinski definition) is 8. The third kappa shape index (κ3) is 9.40. The average Bonchev–Trinajstić information content (AvgIpc) is 0.997. The lowest BCUT2D eigenvalue weighted by Gasteiger charge is -2.45. The van der Waals surface area contributed by atoms with Gasteiger partial charge in [-0.1, -0.05) is 164 Å². The van der Waals surface area contributed by atoms with Gasteiger partial charge in [0, 0.05) is 70.1 Å². The highest BCUT2D eigenvalue weighted by Crippen LogP contribution is 2.53. The lowest BCUT2D eigenvalue weighted by atomic mass is 9.30. The van der Waals surface area contributed by atoms with Gasteiger partial charge in [-0.2, -0.15) is 0 Å². The van der Waals surface area contributed by atoms with Crippen molar-refractivity contribution in [3.63, 3.8) is 0 Å². The van der Waals surface area contributed by atoms with E-state index in [1.54, 1.807) is 0 Å². The van der Waals surface area contributed by atoms with E-state index in [0.717, 1.165) is 112 Å². The van der Waals surface area contributed by atoms with Gasteiger partial charge in [0.05, 0.1) is 11.4 Å². The summed E-state index contributed by atoms with van der Waals surface area (Å²) in [5.74, 6) is 7.33. The Morgan fingerprint density at radius 2 is 0.650 bits per heavy atom. The summed E-state index contributed by atoms with van der Waals surface area (Å²) in [4.78, 5) is 5.23. The molecule has 0 aliphatic carbocycles. The second-order valence-corrected chi connectivity index (χ2v) is 35.8. The van der Waals surface area contributed by atoms with Crippen LogP contribution in [0, 0.1) is 41.5 Å². The minimum Gasteiger partial charge on any atom is -0.458 e. The first-order chi connectivity index (χ1) is 47.5. The van der Waals surface area contributed by atoms with Crippen molar-refractivity contribution in [3.8, 4) is 46.0 Å². The Bertz CT molecular complexity index is 5360. The third-order valence-corrected chi connectivity index (χ3v) is 27.9. The molecule has 0 spiro atoms. The molecule has 6 nitrogen and oxygen atoms in total. The van der Waals surface area contributed by atoms with Gasteiger partial charge >= 0.3 is 0 Å². The van der Waals surface area contributed by atoms with Gasteiger partial charge in [0.2, 0.25) is 0 Å². The number of rotatable bonds is 12. The highest BCUT2D eigenvalue weighted by atomic mass is 32.1. The van der Waals surface area contributed by atoms with Crippen LogP contribution in [-0.2, 0) is 27.1 Å². The molecular formula is C89H93B3N2O4S2. The summed E-state index contributed by atoms with van der Waals surface area (Å²) in [6.45, 7) is 48.4. The van der Waals surface area contributed by atoms with Crippen molar-refractivity contribution in [1.29, 1.82) is 0 Å². The largest absolute Gasteiger partial charge is 0.458 e. The standard InChI is InChI=1S/C89H93B3N2O4S2/c1-22-85(12,13)53-27-29-74-58(35-53)81-83(99-74)91-61-44-62-68(46-65(61)94(80-51(10)33-48(7)34-52(80)11)67-38-56(88(18,19)25-4)40-71(97-81)77(67)91)95-70-39-55(87(16,17)24-3)37-66-76(70)90(62)60-43-63-69(45-64(60)93(66)79-49(8)31-47(6)32-50(79)9)96-72-41-57(89(20,21)26-5)42-73-78(72)92(63)84-82(98-73)59-36-54(86(14,15)23-2)28-30-75(59)100-84/h27-46H,22-26H2,1-21H3. The summed E-state index contributed by atoms with van der Waals surface area (Å²) in [6.07, 6.45) is 4.94. The fourth-order valence-corrected chi connectivity index (χ4v) is 20.0. The molecule has 0 N–H and O–H groups in total. The average molecular weight is 1350 g/mol. The molecule has 6 aliphatic rings. The van der Waals surface area contributed by atoms with Gasteiger partial charge in [0.15, 0.2) is 0 Å². The summed E-state index contributed by atoms with van der Waals surface area (Å²) in [5.41, 5.74) is 28.5. The zero-order chi connectivity index (χ0) is 70.2. The fourth-order valence-electron chi connectivity index (χ4n) is 17.5. The van der Waals surface area contributed by atoms with E-state index in [2.05, 4.69) is 277 Å².